The van der Waals surface area contributed by atoms with Crippen LogP contribution < -0.4 is 4.74 Å². The number of halogens is 3. The highest BCUT2D eigenvalue weighted by Crippen LogP contribution is 2.48. The molecule has 1 N–H and O–H groups in total. The summed E-state index contributed by atoms with van der Waals surface area (Å²) >= 11 is 0. The van der Waals surface area contributed by atoms with Crippen molar-refractivity contribution in [1.29, 1.82) is 0 Å². The molecule has 0 aliphatic carbocycles. The van der Waals surface area contributed by atoms with Gasteiger partial charge >= 0.3 is 6.18 Å². The molecule has 1 unspecified atom stereocenters. The maximum Gasteiger partial charge on any atom is 0.421 e. The molecule has 0 bridgehead atoms. The highest BCUT2D eigenvalue weighted by molar-refractivity contribution is 5.65. The lowest BCUT2D eigenvalue weighted by Gasteiger charge is -2.35. The third-order valence-corrected chi connectivity index (χ3v) is 4.37. The van der Waals surface area contributed by atoms with Crippen molar-refractivity contribution in [2.24, 2.45) is 10.9 Å². The fourth-order valence-corrected chi connectivity index (χ4v) is 2.60. The van der Waals surface area contributed by atoms with Crippen molar-refractivity contribution in [2.75, 3.05) is 20.2 Å². The van der Waals surface area contributed by atoms with E-state index in [0.29, 0.717) is 11.3 Å². The lowest BCUT2D eigenvalue weighted by molar-refractivity contribution is -0.283. The van der Waals surface area contributed by atoms with Crippen molar-refractivity contribution < 1.29 is 23.0 Å². The minimum atomic E-state index is -4.83. The van der Waals surface area contributed by atoms with Gasteiger partial charge in [0, 0.05) is 24.7 Å². The molecule has 0 saturated carbocycles. The normalized spacial score (nSPS) is 14.8. The topological polar surface area (TPSA) is 45.1 Å². The van der Waals surface area contributed by atoms with Crippen LogP contribution in [0.15, 0.2) is 17.1 Å². The standard InChI is InChI=1S/C18H27F3N2O2/c1-7-23(8-2)11-22-15-10-16(25-6)14(9-13(15)5)17(24,12(3)4)18(19,20)21/h9-12,24H,7-8H2,1-6H3/b22-11+. The Labute approximate surface area is 147 Å². The van der Waals surface area contributed by atoms with Crippen molar-refractivity contribution in [3.8, 4) is 5.75 Å². The molecule has 142 valence electrons. The quantitative estimate of drug-likeness (QED) is 0.579. The van der Waals surface area contributed by atoms with Crippen LogP contribution in [-0.4, -0.2) is 42.7 Å². The number of aliphatic imine (C=N–C) groups is 1. The SMILES string of the molecule is CCN(/C=N/c1cc(OC)c(C(O)(C(C)C)C(F)(F)F)cc1C)CC. The van der Waals surface area contributed by atoms with Crippen molar-refractivity contribution in [2.45, 2.75) is 46.4 Å². The number of rotatable bonds is 7. The number of benzene rings is 1. The predicted molar refractivity (Wildman–Crippen MR) is 93.6 cm³/mol. The fourth-order valence-electron chi connectivity index (χ4n) is 2.60. The minimum Gasteiger partial charge on any atom is -0.496 e. The van der Waals surface area contributed by atoms with E-state index in [2.05, 4.69) is 4.99 Å². The molecule has 4 nitrogen and oxygen atoms in total. The first-order chi connectivity index (χ1) is 11.5. The second-order valence-electron chi connectivity index (χ2n) is 6.22. The maximum absolute atomic E-state index is 13.6. The zero-order chi connectivity index (χ0) is 19.4. The summed E-state index contributed by atoms with van der Waals surface area (Å²) in [5.74, 6) is -1.11. The number of aryl methyl sites for hydroxylation is 1. The van der Waals surface area contributed by atoms with Gasteiger partial charge in [-0.1, -0.05) is 13.8 Å². The van der Waals surface area contributed by atoms with Gasteiger partial charge in [0.25, 0.3) is 0 Å². The number of methoxy groups -OCH3 is 1. The first kappa shape index (κ1) is 21.3. The third-order valence-electron chi connectivity index (χ3n) is 4.37. The van der Waals surface area contributed by atoms with E-state index in [1.165, 1.54) is 33.1 Å². The van der Waals surface area contributed by atoms with E-state index in [4.69, 9.17) is 4.74 Å². The zero-order valence-corrected chi connectivity index (χ0v) is 15.6. The molecule has 1 aromatic carbocycles. The molecule has 0 radical (unpaired) electrons. The number of nitrogens with zero attached hydrogens (tertiary/aromatic N) is 2. The van der Waals surface area contributed by atoms with E-state index in [9.17, 15) is 18.3 Å². The molecular weight excluding hydrogens is 333 g/mol. The molecule has 0 amide bonds. The largest absolute Gasteiger partial charge is 0.496 e. The lowest BCUT2D eigenvalue weighted by Crippen LogP contribution is -2.47. The second kappa shape index (κ2) is 8.08. The van der Waals surface area contributed by atoms with Gasteiger partial charge in [-0.25, -0.2) is 4.99 Å². The third kappa shape index (κ3) is 4.26. The highest BCUT2D eigenvalue weighted by Gasteiger charge is 2.58. The van der Waals surface area contributed by atoms with Gasteiger partial charge in [0.2, 0.25) is 0 Å². The van der Waals surface area contributed by atoms with Gasteiger partial charge in [-0.2, -0.15) is 13.2 Å². The van der Waals surface area contributed by atoms with Gasteiger partial charge < -0.3 is 14.7 Å². The Morgan fingerprint density at radius 3 is 2.20 bits per heavy atom. The monoisotopic (exact) mass is 360 g/mol. The van der Waals surface area contributed by atoms with Crippen LogP contribution in [0, 0.1) is 12.8 Å². The molecule has 0 aliphatic rings. The number of ether oxygens (including phenoxy) is 1. The molecule has 0 aromatic heterocycles. The molecule has 0 spiro atoms. The smallest absolute Gasteiger partial charge is 0.421 e. The van der Waals surface area contributed by atoms with Gasteiger partial charge in [0.05, 0.1) is 19.1 Å². The van der Waals surface area contributed by atoms with Crippen LogP contribution in [0.1, 0.15) is 38.8 Å². The summed E-state index contributed by atoms with van der Waals surface area (Å²) in [5, 5.41) is 10.5. The van der Waals surface area contributed by atoms with E-state index in [0.717, 1.165) is 13.1 Å². The minimum absolute atomic E-state index is 0.0363. The Hall–Kier alpha value is -1.76. The van der Waals surface area contributed by atoms with Crippen molar-refractivity contribution in [3.05, 3.63) is 23.3 Å². The van der Waals surface area contributed by atoms with Crippen molar-refractivity contribution >= 4 is 12.0 Å². The van der Waals surface area contributed by atoms with Gasteiger partial charge in [0.15, 0.2) is 5.60 Å². The fraction of sp³-hybridized carbons (Fsp3) is 0.611. The van der Waals surface area contributed by atoms with Gasteiger partial charge in [-0.05, 0) is 38.3 Å². The van der Waals surface area contributed by atoms with Crippen LogP contribution in [0.4, 0.5) is 18.9 Å². The molecular formula is C18H27F3N2O2. The Morgan fingerprint density at radius 1 is 1.24 bits per heavy atom. The highest BCUT2D eigenvalue weighted by atomic mass is 19.4. The van der Waals surface area contributed by atoms with Gasteiger partial charge in [-0.15, -0.1) is 0 Å². The molecule has 0 heterocycles. The Morgan fingerprint density at radius 2 is 1.80 bits per heavy atom. The summed E-state index contributed by atoms with van der Waals surface area (Å²) in [5.41, 5.74) is -2.26. The Balaban J connectivity index is 3.49. The summed E-state index contributed by atoms with van der Waals surface area (Å²) in [6, 6.07) is 2.74. The second-order valence-corrected chi connectivity index (χ2v) is 6.22. The molecule has 1 atom stereocenters. The van der Waals surface area contributed by atoms with E-state index in [1.54, 1.807) is 13.3 Å². The molecule has 0 fully saturated rings. The van der Waals surface area contributed by atoms with Crippen molar-refractivity contribution in [1.82, 2.24) is 4.90 Å². The molecule has 0 saturated heterocycles. The van der Waals surface area contributed by atoms with Crippen LogP contribution in [0.5, 0.6) is 5.75 Å². The summed E-state index contributed by atoms with van der Waals surface area (Å²) in [6.07, 6.45) is -3.17. The summed E-state index contributed by atoms with van der Waals surface area (Å²) in [6.45, 7) is 9.83. The molecule has 25 heavy (non-hydrogen) atoms. The molecule has 7 heteroatoms. The lowest BCUT2D eigenvalue weighted by atomic mass is 9.81. The Kier molecular flexibility index (Phi) is 6.88. The number of hydrogen-bond acceptors (Lipinski definition) is 3. The van der Waals surface area contributed by atoms with E-state index >= 15 is 0 Å². The molecule has 1 aromatic rings. The predicted octanol–water partition coefficient (Wildman–Crippen LogP) is 4.41. The van der Waals surface area contributed by atoms with Gasteiger partial charge in [-0.3, -0.25) is 0 Å². The average Bonchev–Trinajstić information content (AvgIpc) is 2.54. The number of hydrogen-bond donors (Lipinski definition) is 1. The van der Waals surface area contributed by atoms with E-state index < -0.39 is 17.7 Å². The Bertz CT molecular complexity index is 611. The van der Waals surface area contributed by atoms with E-state index in [-0.39, 0.29) is 11.3 Å². The number of alkyl halides is 3. The summed E-state index contributed by atoms with van der Waals surface area (Å²) < 4.78 is 45.9. The summed E-state index contributed by atoms with van der Waals surface area (Å²) in [4.78, 5) is 6.30. The van der Waals surface area contributed by atoms with Crippen LogP contribution in [0.3, 0.4) is 0 Å². The first-order valence-electron chi connectivity index (χ1n) is 8.29. The average molecular weight is 360 g/mol. The first-order valence-corrected chi connectivity index (χ1v) is 8.29. The maximum atomic E-state index is 13.6. The van der Waals surface area contributed by atoms with E-state index in [1.807, 2.05) is 18.7 Å². The van der Waals surface area contributed by atoms with Gasteiger partial charge in [0.1, 0.15) is 5.75 Å². The van der Waals surface area contributed by atoms with Crippen molar-refractivity contribution in [3.63, 3.8) is 0 Å². The number of aliphatic hydroxyl groups is 1. The van der Waals surface area contributed by atoms with Crippen LogP contribution in [0.2, 0.25) is 0 Å². The molecule has 0 aliphatic heterocycles. The van der Waals surface area contributed by atoms with Crippen LogP contribution in [0.25, 0.3) is 0 Å². The summed E-state index contributed by atoms with van der Waals surface area (Å²) in [7, 11) is 1.28. The zero-order valence-electron chi connectivity index (χ0n) is 15.6. The van der Waals surface area contributed by atoms with Crippen LogP contribution in [-0.2, 0) is 5.60 Å². The van der Waals surface area contributed by atoms with Crippen LogP contribution >= 0.6 is 0 Å². The molecule has 1 rings (SSSR count).